The lowest BCUT2D eigenvalue weighted by Gasteiger charge is -2.01. The largest absolute Gasteiger partial charge is 0.507 e. The molecular formula is C16H18N2O6. The Labute approximate surface area is 138 Å². The van der Waals surface area contributed by atoms with Gasteiger partial charge in [-0.2, -0.15) is 0 Å². The number of hydrogen-bond donors (Lipinski definition) is 2. The van der Waals surface area contributed by atoms with Crippen LogP contribution in [0.25, 0.3) is 0 Å². The number of phenols is 2. The van der Waals surface area contributed by atoms with E-state index in [0.29, 0.717) is 22.3 Å². The molecule has 0 fully saturated rings. The van der Waals surface area contributed by atoms with Gasteiger partial charge in [-0.3, -0.25) is 20.2 Å². The fourth-order valence-electron chi connectivity index (χ4n) is 2.08. The van der Waals surface area contributed by atoms with Crippen molar-refractivity contribution in [2.45, 2.75) is 27.7 Å². The molecule has 0 bridgehead atoms. The van der Waals surface area contributed by atoms with Crippen LogP contribution in [0.2, 0.25) is 0 Å². The normalized spacial score (nSPS) is 9.83. The van der Waals surface area contributed by atoms with Gasteiger partial charge < -0.3 is 10.2 Å². The minimum absolute atomic E-state index is 0.0165. The van der Waals surface area contributed by atoms with Crippen molar-refractivity contribution in [3.05, 3.63) is 66.7 Å². The molecule has 0 aliphatic heterocycles. The number of nitrogens with zero attached hydrogens (tertiary/aromatic N) is 2. The molecular weight excluding hydrogens is 316 g/mol. The third-order valence-electron chi connectivity index (χ3n) is 3.37. The van der Waals surface area contributed by atoms with E-state index in [-0.39, 0.29) is 22.9 Å². The summed E-state index contributed by atoms with van der Waals surface area (Å²) in [6.07, 6.45) is 0. The first-order chi connectivity index (χ1) is 11.0. The van der Waals surface area contributed by atoms with Crippen LogP contribution in [-0.2, 0) is 0 Å². The van der Waals surface area contributed by atoms with Crippen LogP contribution in [0.4, 0.5) is 11.4 Å². The summed E-state index contributed by atoms with van der Waals surface area (Å²) >= 11 is 0. The molecule has 2 aromatic rings. The molecule has 2 rings (SSSR count). The first kappa shape index (κ1) is 18.9. The minimum atomic E-state index is -0.473. The summed E-state index contributed by atoms with van der Waals surface area (Å²) in [6, 6.07) is 5.40. The molecule has 0 heterocycles. The van der Waals surface area contributed by atoms with E-state index in [9.17, 15) is 30.4 Å². The van der Waals surface area contributed by atoms with Gasteiger partial charge in [-0.05, 0) is 49.9 Å². The zero-order valence-corrected chi connectivity index (χ0v) is 13.7. The number of aromatic hydroxyl groups is 2. The van der Waals surface area contributed by atoms with Gasteiger partial charge in [0.05, 0.1) is 9.85 Å². The molecule has 8 nitrogen and oxygen atoms in total. The van der Waals surface area contributed by atoms with E-state index in [1.165, 1.54) is 24.3 Å². The van der Waals surface area contributed by atoms with Gasteiger partial charge in [-0.1, -0.05) is 0 Å². The second-order valence-electron chi connectivity index (χ2n) is 5.37. The molecule has 0 aliphatic rings. The first-order valence-corrected chi connectivity index (χ1v) is 6.93. The molecule has 24 heavy (non-hydrogen) atoms. The second-order valence-corrected chi connectivity index (χ2v) is 5.37. The summed E-state index contributed by atoms with van der Waals surface area (Å²) in [6.45, 7) is 6.54. The molecule has 0 aliphatic carbocycles. The lowest BCUT2D eigenvalue weighted by atomic mass is 10.1. The zero-order chi connectivity index (χ0) is 18.6. The number of non-ortho nitro benzene ring substituents is 2. The van der Waals surface area contributed by atoms with Crippen molar-refractivity contribution in [1.29, 1.82) is 0 Å². The molecule has 0 atom stereocenters. The van der Waals surface area contributed by atoms with Gasteiger partial charge in [0.15, 0.2) is 0 Å². The molecule has 0 saturated heterocycles. The molecule has 2 N–H and O–H groups in total. The number of nitro groups is 2. The molecule has 0 saturated carbocycles. The Morgan fingerprint density at radius 2 is 0.875 bits per heavy atom. The Morgan fingerprint density at radius 1 is 0.667 bits per heavy atom. The van der Waals surface area contributed by atoms with Gasteiger partial charge in [-0.15, -0.1) is 0 Å². The Hall–Kier alpha value is -3.16. The number of hydrogen-bond acceptors (Lipinski definition) is 6. The molecule has 0 unspecified atom stereocenters. The third kappa shape index (κ3) is 4.42. The highest BCUT2D eigenvalue weighted by Crippen LogP contribution is 2.27. The third-order valence-corrected chi connectivity index (χ3v) is 3.37. The second kappa shape index (κ2) is 7.40. The van der Waals surface area contributed by atoms with Crippen LogP contribution in [0.1, 0.15) is 22.3 Å². The number of benzene rings is 2. The maximum Gasteiger partial charge on any atom is 0.270 e. The van der Waals surface area contributed by atoms with Crippen molar-refractivity contribution in [3.8, 4) is 11.5 Å². The Bertz CT molecular complexity index is 688. The molecule has 0 radical (unpaired) electrons. The first-order valence-electron chi connectivity index (χ1n) is 6.93. The van der Waals surface area contributed by atoms with Gasteiger partial charge >= 0.3 is 0 Å². The quantitative estimate of drug-likeness (QED) is 0.634. The van der Waals surface area contributed by atoms with Gasteiger partial charge in [-0.25, -0.2) is 0 Å². The highest BCUT2D eigenvalue weighted by molar-refractivity contribution is 5.48. The molecule has 2 aromatic carbocycles. The molecule has 8 heteroatoms. The topological polar surface area (TPSA) is 127 Å². The fraction of sp³-hybridized carbons (Fsp3) is 0.250. The SMILES string of the molecule is Cc1cc([N+](=O)[O-])cc(C)c1O.Cc1cc([N+](=O)[O-])cc(C)c1O. The van der Waals surface area contributed by atoms with Crippen molar-refractivity contribution >= 4 is 11.4 Å². The van der Waals surface area contributed by atoms with Crippen LogP contribution in [0.15, 0.2) is 24.3 Å². The summed E-state index contributed by atoms with van der Waals surface area (Å²) in [5.74, 6) is 0.251. The highest BCUT2D eigenvalue weighted by Gasteiger charge is 2.11. The smallest absolute Gasteiger partial charge is 0.270 e. The maximum atomic E-state index is 10.3. The van der Waals surface area contributed by atoms with Gasteiger partial charge in [0.1, 0.15) is 11.5 Å². The van der Waals surface area contributed by atoms with E-state index in [1.54, 1.807) is 27.7 Å². The van der Waals surface area contributed by atoms with Crippen LogP contribution >= 0.6 is 0 Å². The average Bonchev–Trinajstić information content (AvgIpc) is 2.49. The Kier molecular flexibility index (Phi) is 5.83. The van der Waals surface area contributed by atoms with Crippen LogP contribution in [0.3, 0.4) is 0 Å². The molecule has 128 valence electrons. The monoisotopic (exact) mass is 334 g/mol. The van der Waals surface area contributed by atoms with Crippen molar-refractivity contribution < 1.29 is 20.1 Å². The molecule has 0 amide bonds. The van der Waals surface area contributed by atoms with Crippen LogP contribution in [0.5, 0.6) is 11.5 Å². The summed E-state index contributed by atoms with van der Waals surface area (Å²) in [5.41, 5.74) is 2.15. The van der Waals surface area contributed by atoms with Crippen molar-refractivity contribution in [2.24, 2.45) is 0 Å². The van der Waals surface area contributed by atoms with Crippen molar-refractivity contribution in [1.82, 2.24) is 0 Å². The number of phenolic OH excluding ortho intramolecular Hbond substituents is 2. The van der Waals surface area contributed by atoms with Crippen LogP contribution in [0, 0.1) is 47.9 Å². The van der Waals surface area contributed by atoms with Crippen LogP contribution < -0.4 is 0 Å². The fourth-order valence-corrected chi connectivity index (χ4v) is 2.08. The van der Waals surface area contributed by atoms with Crippen molar-refractivity contribution in [2.75, 3.05) is 0 Å². The Morgan fingerprint density at radius 3 is 1.04 bits per heavy atom. The highest BCUT2D eigenvalue weighted by atomic mass is 16.6. The van der Waals surface area contributed by atoms with E-state index in [4.69, 9.17) is 0 Å². The summed E-state index contributed by atoms with van der Waals surface area (Å²) < 4.78 is 0. The van der Waals surface area contributed by atoms with E-state index < -0.39 is 9.85 Å². The maximum absolute atomic E-state index is 10.3. The number of rotatable bonds is 2. The predicted molar refractivity (Wildman–Crippen MR) is 88.5 cm³/mol. The van der Waals surface area contributed by atoms with Gasteiger partial charge in [0.25, 0.3) is 11.4 Å². The summed E-state index contributed by atoms with van der Waals surface area (Å²) in [4.78, 5) is 19.7. The van der Waals surface area contributed by atoms with Crippen LogP contribution in [-0.4, -0.2) is 20.1 Å². The Balaban J connectivity index is 0.000000240. The average molecular weight is 334 g/mol. The van der Waals surface area contributed by atoms with Gasteiger partial charge in [0, 0.05) is 24.3 Å². The van der Waals surface area contributed by atoms with Gasteiger partial charge in [0.2, 0.25) is 0 Å². The number of nitro benzene ring substituents is 2. The summed E-state index contributed by atoms with van der Waals surface area (Å²) in [7, 11) is 0. The lowest BCUT2D eigenvalue weighted by Crippen LogP contribution is -1.90. The van der Waals surface area contributed by atoms with E-state index >= 15 is 0 Å². The predicted octanol–water partition coefficient (Wildman–Crippen LogP) is 3.83. The molecule has 0 aromatic heterocycles. The molecule has 0 spiro atoms. The standard InChI is InChI=1S/2C8H9NO3/c2*1-5-3-7(9(11)12)4-6(2)8(5)10/h2*3-4,10H,1-2H3. The van der Waals surface area contributed by atoms with E-state index in [1.807, 2.05) is 0 Å². The zero-order valence-electron chi connectivity index (χ0n) is 13.7. The summed E-state index contributed by atoms with van der Waals surface area (Å²) in [5, 5.41) is 39.3. The van der Waals surface area contributed by atoms with Crippen molar-refractivity contribution in [3.63, 3.8) is 0 Å². The number of aryl methyl sites for hydroxylation is 4. The minimum Gasteiger partial charge on any atom is -0.507 e. The lowest BCUT2D eigenvalue weighted by molar-refractivity contribution is -0.385. The van der Waals surface area contributed by atoms with E-state index in [2.05, 4.69) is 0 Å². The van der Waals surface area contributed by atoms with E-state index in [0.717, 1.165) is 0 Å².